The van der Waals surface area contributed by atoms with Gasteiger partial charge in [-0.3, -0.25) is 14.6 Å². The summed E-state index contributed by atoms with van der Waals surface area (Å²) < 4.78 is 5.24. The van der Waals surface area contributed by atoms with E-state index in [0.717, 1.165) is 24.4 Å². The smallest absolute Gasteiger partial charge is 0.255 e. The van der Waals surface area contributed by atoms with E-state index in [9.17, 15) is 9.59 Å². The van der Waals surface area contributed by atoms with Crippen molar-refractivity contribution in [3.05, 3.63) is 53.9 Å². The van der Waals surface area contributed by atoms with Gasteiger partial charge in [0.1, 0.15) is 5.75 Å². The Kier molecular flexibility index (Phi) is 6.47. The van der Waals surface area contributed by atoms with Gasteiger partial charge >= 0.3 is 0 Å². The molecule has 3 rings (SSSR count). The summed E-state index contributed by atoms with van der Waals surface area (Å²) in [7, 11) is 1.66. The summed E-state index contributed by atoms with van der Waals surface area (Å²) in [5.74, 6) is 0.847. The molecule has 0 aliphatic carbocycles. The van der Waals surface area contributed by atoms with Crippen molar-refractivity contribution in [2.75, 3.05) is 45.2 Å². The van der Waals surface area contributed by atoms with Gasteiger partial charge in [0, 0.05) is 52.0 Å². The molecule has 1 aliphatic rings. The largest absolute Gasteiger partial charge is 0.497 e. The number of anilines is 1. The van der Waals surface area contributed by atoms with Gasteiger partial charge in [0.2, 0.25) is 5.91 Å². The summed E-state index contributed by atoms with van der Waals surface area (Å²) in [6, 6.07) is 9.80. The van der Waals surface area contributed by atoms with Crippen molar-refractivity contribution in [2.24, 2.45) is 0 Å². The predicted molar refractivity (Wildman–Crippen MR) is 108 cm³/mol. The summed E-state index contributed by atoms with van der Waals surface area (Å²) in [5, 5.41) is 3.32. The number of nitrogens with zero attached hydrogens (tertiary/aromatic N) is 3. The number of piperazine rings is 1. The van der Waals surface area contributed by atoms with E-state index < -0.39 is 0 Å². The summed E-state index contributed by atoms with van der Waals surface area (Å²) in [5.41, 5.74) is 2.55. The number of nitrogens with one attached hydrogen (secondary N) is 1. The highest BCUT2D eigenvalue weighted by molar-refractivity contribution is 5.95. The van der Waals surface area contributed by atoms with Crippen LogP contribution in [-0.4, -0.2) is 66.4 Å². The van der Waals surface area contributed by atoms with Gasteiger partial charge < -0.3 is 19.9 Å². The van der Waals surface area contributed by atoms with Crippen molar-refractivity contribution < 1.29 is 14.3 Å². The van der Waals surface area contributed by atoms with Crippen LogP contribution in [0.3, 0.4) is 0 Å². The maximum absolute atomic E-state index is 12.7. The average Bonchev–Trinajstić information content (AvgIpc) is 2.73. The van der Waals surface area contributed by atoms with Crippen LogP contribution in [0.4, 0.5) is 5.69 Å². The van der Waals surface area contributed by atoms with Crippen LogP contribution in [0.2, 0.25) is 0 Å². The number of carbonyl (C=O) groups excluding carboxylic acids is 2. The third kappa shape index (κ3) is 5.00. The third-order valence-corrected chi connectivity index (χ3v) is 4.87. The Bertz CT molecular complexity index is 832. The second-order valence-corrected chi connectivity index (χ2v) is 6.79. The number of carbonyl (C=O) groups is 2. The van der Waals surface area contributed by atoms with Gasteiger partial charge in [0.25, 0.3) is 5.91 Å². The first-order valence-corrected chi connectivity index (χ1v) is 9.43. The minimum Gasteiger partial charge on any atom is -0.497 e. The number of hydrogen-bond donors (Lipinski definition) is 1. The van der Waals surface area contributed by atoms with Crippen LogP contribution in [0.1, 0.15) is 22.8 Å². The molecule has 0 spiro atoms. The van der Waals surface area contributed by atoms with Crippen molar-refractivity contribution >= 4 is 17.5 Å². The molecular weight excluding hydrogens is 356 g/mol. The van der Waals surface area contributed by atoms with Gasteiger partial charge in [-0.2, -0.15) is 0 Å². The summed E-state index contributed by atoms with van der Waals surface area (Å²) >= 11 is 0. The van der Waals surface area contributed by atoms with Crippen molar-refractivity contribution in [1.82, 2.24) is 14.8 Å². The number of amides is 2. The van der Waals surface area contributed by atoms with Gasteiger partial charge in [-0.15, -0.1) is 0 Å². The maximum atomic E-state index is 12.7. The van der Waals surface area contributed by atoms with Crippen LogP contribution < -0.4 is 10.1 Å². The molecule has 0 saturated carbocycles. The van der Waals surface area contributed by atoms with Gasteiger partial charge in [-0.1, -0.05) is 12.1 Å². The monoisotopic (exact) mass is 382 g/mol. The Balaban J connectivity index is 1.55. The van der Waals surface area contributed by atoms with Crippen molar-refractivity contribution in [3.63, 3.8) is 0 Å². The lowest BCUT2D eigenvalue weighted by Gasteiger charge is -2.34. The lowest BCUT2D eigenvalue weighted by molar-refractivity contribution is -0.130. The molecule has 7 nitrogen and oxygen atoms in total. The first-order chi connectivity index (χ1) is 13.6. The van der Waals surface area contributed by atoms with E-state index in [-0.39, 0.29) is 11.8 Å². The molecule has 28 heavy (non-hydrogen) atoms. The molecule has 0 bridgehead atoms. The number of hydrogen-bond acceptors (Lipinski definition) is 5. The highest BCUT2D eigenvalue weighted by Crippen LogP contribution is 2.15. The van der Waals surface area contributed by atoms with E-state index in [1.54, 1.807) is 36.2 Å². The van der Waals surface area contributed by atoms with Crippen molar-refractivity contribution in [1.29, 1.82) is 0 Å². The fourth-order valence-corrected chi connectivity index (χ4v) is 3.24. The standard InChI is InChI=1S/C21H26N4O3/c1-16(26)24-8-10-25(11-9-24)21(27)18-13-19(15-22-14-18)23-7-6-17-4-3-5-20(12-17)28-2/h3-5,12-15,23H,6-11H2,1-2H3. The molecule has 2 heterocycles. The number of methoxy groups -OCH3 is 1. The number of ether oxygens (including phenoxy) is 1. The van der Waals surface area contributed by atoms with E-state index in [0.29, 0.717) is 31.7 Å². The Morgan fingerprint density at radius 2 is 1.86 bits per heavy atom. The normalized spacial score (nSPS) is 13.9. The van der Waals surface area contributed by atoms with Crippen molar-refractivity contribution in [3.8, 4) is 5.75 Å². The topological polar surface area (TPSA) is 74.8 Å². The zero-order valence-electron chi connectivity index (χ0n) is 16.4. The molecule has 1 aliphatic heterocycles. The van der Waals surface area contributed by atoms with E-state index >= 15 is 0 Å². The van der Waals surface area contributed by atoms with Gasteiger partial charge in [0.15, 0.2) is 0 Å². The molecule has 0 unspecified atom stereocenters. The Hall–Kier alpha value is -3.09. The molecule has 1 aromatic carbocycles. The number of pyridine rings is 1. The van der Waals surface area contributed by atoms with Crippen LogP contribution >= 0.6 is 0 Å². The van der Waals surface area contributed by atoms with Gasteiger partial charge in [0.05, 0.1) is 18.4 Å². The van der Waals surface area contributed by atoms with Gasteiger partial charge in [-0.05, 0) is 30.2 Å². The lowest BCUT2D eigenvalue weighted by atomic mass is 10.1. The van der Waals surface area contributed by atoms with Crippen LogP contribution in [0.5, 0.6) is 5.75 Å². The zero-order valence-corrected chi connectivity index (χ0v) is 16.4. The minimum atomic E-state index is -0.0489. The number of aromatic nitrogens is 1. The molecule has 1 fully saturated rings. The molecule has 2 aromatic rings. The van der Waals surface area contributed by atoms with Crippen LogP contribution in [-0.2, 0) is 11.2 Å². The fraction of sp³-hybridized carbons (Fsp3) is 0.381. The SMILES string of the molecule is COc1cccc(CCNc2cncc(C(=O)N3CCN(C(C)=O)CC3)c2)c1. The number of rotatable bonds is 6. The molecule has 0 atom stereocenters. The maximum Gasteiger partial charge on any atom is 0.255 e. The zero-order chi connectivity index (χ0) is 19.9. The van der Waals surface area contributed by atoms with E-state index in [1.165, 1.54) is 5.56 Å². The average molecular weight is 382 g/mol. The lowest BCUT2D eigenvalue weighted by Crippen LogP contribution is -2.50. The second-order valence-electron chi connectivity index (χ2n) is 6.79. The summed E-state index contributed by atoms with van der Waals surface area (Å²) in [6.07, 6.45) is 4.14. The first kappa shape index (κ1) is 19.7. The summed E-state index contributed by atoms with van der Waals surface area (Å²) in [4.78, 5) is 31.9. The molecule has 2 amide bonds. The van der Waals surface area contributed by atoms with Crippen molar-refractivity contribution in [2.45, 2.75) is 13.3 Å². The van der Waals surface area contributed by atoms with E-state index in [2.05, 4.69) is 16.4 Å². The van der Waals surface area contributed by atoms with E-state index in [4.69, 9.17) is 4.74 Å². The third-order valence-electron chi connectivity index (χ3n) is 4.87. The van der Waals surface area contributed by atoms with E-state index in [1.807, 2.05) is 24.3 Å². The summed E-state index contributed by atoms with van der Waals surface area (Å²) in [6.45, 7) is 4.53. The molecule has 1 aromatic heterocycles. The Morgan fingerprint density at radius 1 is 1.11 bits per heavy atom. The van der Waals surface area contributed by atoms with Crippen LogP contribution in [0.15, 0.2) is 42.7 Å². The molecule has 148 valence electrons. The Morgan fingerprint density at radius 3 is 2.57 bits per heavy atom. The minimum absolute atomic E-state index is 0.0489. The molecule has 7 heteroatoms. The molecule has 1 saturated heterocycles. The Labute approximate surface area is 165 Å². The molecule has 1 N–H and O–H groups in total. The molecule has 0 radical (unpaired) electrons. The number of benzene rings is 1. The second kappa shape index (κ2) is 9.21. The predicted octanol–water partition coefficient (Wildman–Crippen LogP) is 2.05. The van der Waals surface area contributed by atoms with Crippen LogP contribution in [0, 0.1) is 0 Å². The molecular formula is C21H26N4O3. The fourth-order valence-electron chi connectivity index (χ4n) is 3.24. The highest BCUT2D eigenvalue weighted by atomic mass is 16.5. The van der Waals surface area contributed by atoms with Crippen LogP contribution in [0.25, 0.3) is 0 Å². The quantitative estimate of drug-likeness (QED) is 0.828. The first-order valence-electron chi connectivity index (χ1n) is 9.43. The highest BCUT2D eigenvalue weighted by Gasteiger charge is 2.23. The van der Waals surface area contributed by atoms with Gasteiger partial charge in [-0.25, -0.2) is 0 Å².